The average Bonchev–Trinajstić information content (AvgIpc) is 2.93. The van der Waals surface area contributed by atoms with Crippen LogP contribution < -0.4 is 10.6 Å². The predicted molar refractivity (Wildman–Crippen MR) is 142 cm³/mol. The van der Waals surface area contributed by atoms with Crippen molar-refractivity contribution in [3.63, 3.8) is 0 Å². The minimum Gasteiger partial charge on any atom is -0.324 e. The fraction of sp³-hybridized carbons (Fsp3) is 0.267. The highest BCUT2D eigenvalue weighted by Crippen LogP contribution is 2.42. The molecule has 5 nitrogen and oxygen atoms in total. The fourth-order valence-electron chi connectivity index (χ4n) is 5.39. The van der Waals surface area contributed by atoms with Gasteiger partial charge in [-0.1, -0.05) is 54.6 Å². The van der Waals surface area contributed by atoms with E-state index in [1.165, 1.54) is 11.6 Å². The van der Waals surface area contributed by atoms with Crippen LogP contribution in [0.25, 0.3) is 11.3 Å². The summed E-state index contributed by atoms with van der Waals surface area (Å²) < 4.78 is 14.7. The zero-order valence-electron chi connectivity index (χ0n) is 20.3. The van der Waals surface area contributed by atoms with Gasteiger partial charge in [0.1, 0.15) is 5.82 Å². The summed E-state index contributed by atoms with van der Waals surface area (Å²) in [5.74, 6) is 0.355. The van der Waals surface area contributed by atoms with Crippen molar-refractivity contribution in [2.75, 3.05) is 38.0 Å². The highest BCUT2D eigenvalue weighted by molar-refractivity contribution is 5.73. The topological polar surface area (TPSA) is 53.1 Å². The van der Waals surface area contributed by atoms with E-state index in [1.807, 2.05) is 30.5 Å². The van der Waals surface area contributed by atoms with Crippen LogP contribution in [0.2, 0.25) is 0 Å². The minimum absolute atomic E-state index is 0.0512. The molecule has 0 saturated carbocycles. The molecule has 3 aromatic carbocycles. The Balaban J connectivity index is 1.23. The summed E-state index contributed by atoms with van der Waals surface area (Å²) in [6.07, 6.45) is 3.59. The van der Waals surface area contributed by atoms with Crippen LogP contribution in [0.1, 0.15) is 28.2 Å². The van der Waals surface area contributed by atoms with Gasteiger partial charge in [0.15, 0.2) is 0 Å². The van der Waals surface area contributed by atoms with Crippen LogP contribution in [0.5, 0.6) is 0 Å². The first-order chi connectivity index (χ1) is 17.7. The van der Waals surface area contributed by atoms with Gasteiger partial charge in [-0.3, -0.25) is 0 Å². The van der Waals surface area contributed by atoms with Gasteiger partial charge in [0.2, 0.25) is 5.95 Å². The standard InChI is InChI=1S/C30H30FN5/c31-28-11-4-3-9-25(28)27-19-22-20-33-30(35-29(22)26-10-2-1-8-24(26)27)34-23-7-5-6-21(18-23)12-15-36-16-13-32-14-17-36/h1-11,18,20,27,32H,12-17,19H2,(H,33,34,35). The first-order valence-electron chi connectivity index (χ1n) is 12.7. The normalized spacial score (nSPS) is 17.3. The predicted octanol–water partition coefficient (Wildman–Crippen LogP) is 5.16. The molecule has 1 atom stereocenters. The van der Waals surface area contributed by atoms with Crippen LogP contribution >= 0.6 is 0 Å². The van der Waals surface area contributed by atoms with Crippen LogP contribution in [0.15, 0.2) is 79.0 Å². The van der Waals surface area contributed by atoms with Gasteiger partial charge in [-0.15, -0.1) is 0 Å². The second kappa shape index (κ2) is 10.2. The summed E-state index contributed by atoms with van der Waals surface area (Å²) in [4.78, 5) is 12.1. The highest BCUT2D eigenvalue weighted by Gasteiger charge is 2.29. The van der Waals surface area contributed by atoms with E-state index in [0.29, 0.717) is 12.4 Å². The number of halogens is 1. The lowest BCUT2D eigenvalue weighted by Gasteiger charge is -2.28. The maximum atomic E-state index is 14.7. The van der Waals surface area contributed by atoms with E-state index in [2.05, 4.69) is 56.9 Å². The van der Waals surface area contributed by atoms with E-state index < -0.39 is 0 Å². The molecule has 6 heteroatoms. The summed E-state index contributed by atoms with van der Waals surface area (Å²) in [5, 5.41) is 6.82. The van der Waals surface area contributed by atoms with Crippen LogP contribution in [0.3, 0.4) is 0 Å². The number of piperazine rings is 1. The Hall–Kier alpha value is -3.61. The first kappa shape index (κ1) is 22.8. The molecule has 1 aliphatic carbocycles. The Bertz CT molecular complexity index is 1370. The molecule has 1 saturated heterocycles. The number of aromatic nitrogens is 2. The summed E-state index contributed by atoms with van der Waals surface area (Å²) in [6.45, 7) is 5.43. The van der Waals surface area contributed by atoms with Gasteiger partial charge >= 0.3 is 0 Å². The number of hydrogen-bond donors (Lipinski definition) is 2. The van der Waals surface area contributed by atoms with Crippen molar-refractivity contribution in [2.24, 2.45) is 0 Å². The number of fused-ring (bicyclic) bond motifs is 3. The van der Waals surface area contributed by atoms with Crippen LogP contribution in [-0.4, -0.2) is 47.6 Å². The Morgan fingerprint density at radius 2 is 1.75 bits per heavy atom. The number of benzene rings is 3. The maximum Gasteiger partial charge on any atom is 0.227 e. The molecule has 0 bridgehead atoms. The van der Waals surface area contributed by atoms with Crippen molar-refractivity contribution in [1.29, 1.82) is 0 Å². The van der Waals surface area contributed by atoms with E-state index >= 15 is 0 Å². The summed E-state index contributed by atoms with van der Waals surface area (Å²) in [5.41, 5.74) is 7.12. The zero-order valence-corrected chi connectivity index (χ0v) is 20.3. The van der Waals surface area contributed by atoms with Gasteiger partial charge in [-0.05, 0) is 53.3 Å². The fourth-order valence-corrected chi connectivity index (χ4v) is 5.39. The molecule has 2 N–H and O–H groups in total. The van der Waals surface area contributed by atoms with E-state index in [9.17, 15) is 4.39 Å². The van der Waals surface area contributed by atoms with Gasteiger partial charge in [-0.2, -0.15) is 0 Å². The Kier molecular flexibility index (Phi) is 6.45. The molecule has 1 aliphatic heterocycles. The van der Waals surface area contributed by atoms with Crippen molar-refractivity contribution in [2.45, 2.75) is 18.8 Å². The number of anilines is 2. The molecular formula is C30H30FN5. The van der Waals surface area contributed by atoms with E-state index in [0.717, 1.165) is 72.8 Å². The average molecular weight is 480 g/mol. The number of rotatable bonds is 6. The third kappa shape index (κ3) is 4.74. The molecule has 2 heterocycles. The van der Waals surface area contributed by atoms with Crippen LogP contribution in [0, 0.1) is 5.82 Å². The third-order valence-corrected chi connectivity index (χ3v) is 7.27. The molecule has 4 aromatic rings. The highest BCUT2D eigenvalue weighted by atomic mass is 19.1. The summed E-state index contributed by atoms with van der Waals surface area (Å²) in [7, 11) is 0. The number of hydrogen-bond acceptors (Lipinski definition) is 5. The van der Waals surface area contributed by atoms with Gasteiger partial charge in [0, 0.05) is 56.1 Å². The quantitative estimate of drug-likeness (QED) is 0.400. The van der Waals surface area contributed by atoms with Crippen LogP contribution in [-0.2, 0) is 12.8 Å². The largest absolute Gasteiger partial charge is 0.324 e. The minimum atomic E-state index is -0.170. The van der Waals surface area contributed by atoms with Crippen molar-refractivity contribution in [3.8, 4) is 11.3 Å². The molecule has 0 radical (unpaired) electrons. The molecule has 2 aliphatic rings. The number of nitrogens with zero attached hydrogens (tertiary/aromatic N) is 3. The lowest BCUT2D eigenvalue weighted by molar-refractivity contribution is 0.244. The monoisotopic (exact) mass is 479 g/mol. The molecule has 6 rings (SSSR count). The van der Waals surface area contributed by atoms with E-state index in [1.54, 1.807) is 6.07 Å². The van der Waals surface area contributed by atoms with E-state index in [-0.39, 0.29) is 11.7 Å². The molecular weight excluding hydrogens is 449 g/mol. The Morgan fingerprint density at radius 1 is 0.944 bits per heavy atom. The van der Waals surface area contributed by atoms with Crippen molar-refractivity contribution < 1.29 is 4.39 Å². The van der Waals surface area contributed by atoms with Gasteiger partial charge in [0.05, 0.1) is 5.69 Å². The molecule has 0 spiro atoms. The molecule has 1 fully saturated rings. The summed E-state index contributed by atoms with van der Waals surface area (Å²) in [6, 6.07) is 23.8. The Labute approximate surface area is 211 Å². The van der Waals surface area contributed by atoms with Crippen molar-refractivity contribution in [1.82, 2.24) is 20.2 Å². The van der Waals surface area contributed by atoms with Gasteiger partial charge < -0.3 is 15.5 Å². The van der Waals surface area contributed by atoms with Crippen LogP contribution in [0.4, 0.5) is 16.0 Å². The lowest BCUT2D eigenvalue weighted by Crippen LogP contribution is -2.44. The second-order valence-electron chi connectivity index (χ2n) is 9.60. The molecule has 182 valence electrons. The lowest BCUT2D eigenvalue weighted by atomic mass is 9.78. The molecule has 1 aromatic heterocycles. The molecule has 1 unspecified atom stereocenters. The van der Waals surface area contributed by atoms with Gasteiger partial charge in [0.25, 0.3) is 0 Å². The van der Waals surface area contributed by atoms with Gasteiger partial charge in [-0.25, -0.2) is 14.4 Å². The van der Waals surface area contributed by atoms with E-state index in [4.69, 9.17) is 4.98 Å². The molecule has 36 heavy (non-hydrogen) atoms. The smallest absolute Gasteiger partial charge is 0.227 e. The maximum absolute atomic E-state index is 14.7. The Morgan fingerprint density at radius 3 is 2.61 bits per heavy atom. The third-order valence-electron chi connectivity index (χ3n) is 7.27. The molecule has 0 amide bonds. The second-order valence-corrected chi connectivity index (χ2v) is 9.60. The number of nitrogens with one attached hydrogen (secondary N) is 2. The van der Waals surface area contributed by atoms with Crippen molar-refractivity contribution in [3.05, 3.63) is 107 Å². The SMILES string of the molecule is Fc1ccccc1C1Cc2cnc(Nc3cccc(CCN4CCNCC4)c3)nc2-c2ccccc21. The first-order valence-corrected chi connectivity index (χ1v) is 12.7. The van der Waals surface area contributed by atoms with Crippen molar-refractivity contribution >= 4 is 11.6 Å². The summed E-state index contributed by atoms with van der Waals surface area (Å²) >= 11 is 0. The zero-order chi connectivity index (χ0) is 24.3.